The number of aryl methyl sites for hydroxylation is 1. The van der Waals surface area contributed by atoms with Crippen molar-refractivity contribution in [1.82, 2.24) is 10.1 Å². The molecule has 0 aliphatic rings. The van der Waals surface area contributed by atoms with Crippen LogP contribution < -0.4 is 10.1 Å². The van der Waals surface area contributed by atoms with Crippen LogP contribution in [0.15, 0.2) is 34.9 Å². The molecule has 2 heterocycles. The largest absolute Gasteiger partial charge is 0.494 e. The summed E-state index contributed by atoms with van der Waals surface area (Å²) in [5, 5.41) is 6.76. The summed E-state index contributed by atoms with van der Waals surface area (Å²) in [6.45, 7) is 6.47. The van der Waals surface area contributed by atoms with Crippen LogP contribution in [-0.4, -0.2) is 35.2 Å². The average molecular weight is 429 g/mol. The Labute approximate surface area is 178 Å². The lowest BCUT2D eigenvalue weighted by atomic mass is 10.1. The Morgan fingerprint density at radius 2 is 1.97 bits per heavy atom. The van der Waals surface area contributed by atoms with E-state index in [2.05, 4.69) is 22.4 Å². The van der Waals surface area contributed by atoms with Gasteiger partial charge in [0.25, 0.3) is 5.91 Å². The summed E-state index contributed by atoms with van der Waals surface area (Å²) in [6.07, 6.45) is 2.08. The summed E-state index contributed by atoms with van der Waals surface area (Å²) in [6, 6.07) is 8.94. The van der Waals surface area contributed by atoms with E-state index in [1.54, 1.807) is 19.9 Å². The number of benzene rings is 1. The number of amides is 1. The summed E-state index contributed by atoms with van der Waals surface area (Å²) in [5.74, 6) is 0.302. The minimum atomic E-state index is -0.478. The highest BCUT2D eigenvalue weighted by Gasteiger charge is 2.20. The molecule has 0 fully saturated rings. The lowest BCUT2D eigenvalue weighted by Gasteiger charge is -2.05. The summed E-state index contributed by atoms with van der Waals surface area (Å²) < 4.78 is 15.9. The molecule has 9 heteroatoms. The zero-order valence-corrected chi connectivity index (χ0v) is 17.9. The number of ether oxygens (including phenoxy) is 2. The highest BCUT2D eigenvalue weighted by Crippen LogP contribution is 2.26. The van der Waals surface area contributed by atoms with Gasteiger partial charge in [0.05, 0.1) is 18.9 Å². The molecule has 1 amide bonds. The molecule has 0 spiro atoms. The van der Waals surface area contributed by atoms with Crippen LogP contribution in [0.3, 0.4) is 0 Å². The third-order valence-corrected chi connectivity index (χ3v) is 5.18. The predicted molar refractivity (Wildman–Crippen MR) is 113 cm³/mol. The lowest BCUT2D eigenvalue weighted by molar-refractivity contribution is 0.0531. The van der Waals surface area contributed by atoms with Crippen LogP contribution in [-0.2, 0) is 4.74 Å². The van der Waals surface area contributed by atoms with E-state index in [0.717, 1.165) is 35.5 Å². The van der Waals surface area contributed by atoms with Crippen LogP contribution in [0.4, 0.5) is 5.13 Å². The van der Waals surface area contributed by atoms with Gasteiger partial charge < -0.3 is 14.0 Å². The van der Waals surface area contributed by atoms with E-state index in [-0.39, 0.29) is 12.3 Å². The number of hydrogen-bond donors (Lipinski definition) is 1. The van der Waals surface area contributed by atoms with Gasteiger partial charge in [-0.05, 0) is 44.5 Å². The third kappa shape index (κ3) is 5.24. The quantitative estimate of drug-likeness (QED) is 0.388. The summed E-state index contributed by atoms with van der Waals surface area (Å²) in [4.78, 5) is 28.9. The molecule has 0 bridgehead atoms. The average Bonchev–Trinajstić information content (AvgIpc) is 3.36. The number of unbranched alkanes of at least 4 members (excludes halogenated alkanes) is 1. The first-order valence-corrected chi connectivity index (χ1v) is 10.5. The van der Waals surface area contributed by atoms with Gasteiger partial charge in [0.15, 0.2) is 16.6 Å². The molecular formula is C21H23N3O5S. The second-order valence-electron chi connectivity index (χ2n) is 6.41. The van der Waals surface area contributed by atoms with Crippen LogP contribution in [0.25, 0.3) is 11.3 Å². The molecule has 3 aromatic rings. The lowest BCUT2D eigenvalue weighted by Crippen LogP contribution is -2.11. The van der Waals surface area contributed by atoms with E-state index in [0.29, 0.717) is 28.1 Å². The number of anilines is 1. The van der Waals surface area contributed by atoms with E-state index >= 15 is 0 Å². The Morgan fingerprint density at radius 3 is 2.67 bits per heavy atom. The Morgan fingerprint density at radius 1 is 1.20 bits per heavy atom. The maximum absolute atomic E-state index is 12.5. The summed E-state index contributed by atoms with van der Waals surface area (Å²) >= 11 is 1.05. The van der Waals surface area contributed by atoms with Crippen molar-refractivity contribution in [3.05, 3.63) is 46.6 Å². The van der Waals surface area contributed by atoms with Crippen LogP contribution in [0.2, 0.25) is 0 Å². The Kier molecular flexibility index (Phi) is 7.18. The van der Waals surface area contributed by atoms with E-state index in [1.807, 2.05) is 24.3 Å². The molecule has 0 saturated carbocycles. The van der Waals surface area contributed by atoms with Gasteiger partial charge in [-0.15, -0.1) is 0 Å². The van der Waals surface area contributed by atoms with Crippen molar-refractivity contribution in [2.75, 3.05) is 18.5 Å². The van der Waals surface area contributed by atoms with Crippen LogP contribution in [0, 0.1) is 6.92 Å². The monoisotopic (exact) mass is 429 g/mol. The van der Waals surface area contributed by atoms with Gasteiger partial charge in [-0.2, -0.15) is 0 Å². The van der Waals surface area contributed by atoms with Crippen molar-refractivity contribution in [2.24, 2.45) is 0 Å². The SMILES string of the molecule is CCCCOc1ccc(-c2cc(C(=O)Nc3nc(C)c(C(=O)OCC)s3)no2)cc1. The number of carbonyl (C=O) groups is 2. The van der Waals surface area contributed by atoms with Crippen molar-refractivity contribution in [3.63, 3.8) is 0 Å². The number of rotatable bonds is 9. The van der Waals surface area contributed by atoms with Crippen molar-refractivity contribution < 1.29 is 23.6 Å². The maximum Gasteiger partial charge on any atom is 0.350 e. The fourth-order valence-electron chi connectivity index (χ4n) is 2.57. The topological polar surface area (TPSA) is 104 Å². The smallest absolute Gasteiger partial charge is 0.350 e. The molecule has 1 N–H and O–H groups in total. The van der Waals surface area contributed by atoms with Gasteiger partial charge in [-0.25, -0.2) is 9.78 Å². The maximum atomic E-state index is 12.5. The first-order chi connectivity index (χ1) is 14.5. The fraction of sp³-hybridized carbons (Fsp3) is 0.333. The standard InChI is InChI=1S/C21H23N3O5S/c1-4-6-11-28-15-9-7-14(8-10-15)17-12-16(24-29-17)19(25)23-21-22-13(3)18(30-21)20(26)27-5-2/h7-10,12H,4-6,11H2,1-3H3,(H,22,23,25). The number of nitrogens with one attached hydrogen (secondary N) is 1. The number of carbonyl (C=O) groups excluding carboxylic acids is 2. The minimum Gasteiger partial charge on any atom is -0.494 e. The molecule has 0 aliphatic heterocycles. The fourth-order valence-corrected chi connectivity index (χ4v) is 3.42. The normalized spacial score (nSPS) is 10.6. The van der Waals surface area contributed by atoms with E-state index in [1.165, 1.54) is 0 Å². The molecule has 0 atom stereocenters. The van der Waals surface area contributed by atoms with E-state index in [4.69, 9.17) is 14.0 Å². The molecule has 0 radical (unpaired) electrons. The summed E-state index contributed by atoms with van der Waals surface area (Å²) in [7, 11) is 0. The molecule has 158 valence electrons. The van der Waals surface area contributed by atoms with Gasteiger partial charge in [0.1, 0.15) is 10.6 Å². The van der Waals surface area contributed by atoms with Crippen molar-refractivity contribution in [3.8, 4) is 17.1 Å². The number of esters is 1. The van der Waals surface area contributed by atoms with Crippen LogP contribution in [0.1, 0.15) is 52.5 Å². The van der Waals surface area contributed by atoms with E-state index in [9.17, 15) is 9.59 Å². The third-order valence-electron chi connectivity index (χ3n) is 4.13. The zero-order chi connectivity index (χ0) is 21.5. The van der Waals surface area contributed by atoms with Gasteiger partial charge >= 0.3 is 5.97 Å². The van der Waals surface area contributed by atoms with Crippen molar-refractivity contribution >= 4 is 28.3 Å². The Bertz CT molecular complexity index is 1010. The minimum absolute atomic E-state index is 0.110. The molecule has 30 heavy (non-hydrogen) atoms. The van der Waals surface area contributed by atoms with Gasteiger partial charge in [-0.3, -0.25) is 10.1 Å². The van der Waals surface area contributed by atoms with Crippen LogP contribution >= 0.6 is 11.3 Å². The predicted octanol–water partition coefficient (Wildman–Crippen LogP) is 4.71. The number of aromatic nitrogens is 2. The molecule has 0 unspecified atom stereocenters. The molecule has 0 saturated heterocycles. The van der Waals surface area contributed by atoms with Gasteiger partial charge in [0, 0.05) is 11.6 Å². The number of hydrogen-bond acceptors (Lipinski definition) is 8. The zero-order valence-electron chi connectivity index (χ0n) is 17.1. The molecule has 2 aromatic heterocycles. The first kappa shape index (κ1) is 21.5. The Hall–Kier alpha value is -3.20. The van der Waals surface area contributed by atoms with Crippen molar-refractivity contribution in [1.29, 1.82) is 0 Å². The highest BCUT2D eigenvalue weighted by atomic mass is 32.1. The molecule has 3 rings (SSSR count). The molecule has 0 aliphatic carbocycles. The van der Waals surface area contributed by atoms with Crippen molar-refractivity contribution in [2.45, 2.75) is 33.6 Å². The van der Waals surface area contributed by atoms with Crippen LogP contribution in [0.5, 0.6) is 5.75 Å². The second-order valence-corrected chi connectivity index (χ2v) is 7.41. The molecule has 1 aromatic carbocycles. The van der Waals surface area contributed by atoms with Gasteiger partial charge in [0.2, 0.25) is 0 Å². The molecule has 8 nitrogen and oxygen atoms in total. The first-order valence-electron chi connectivity index (χ1n) is 9.67. The molecular weight excluding hydrogens is 406 g/mol. The summed E-state index contributed by atoms with van der Waals surface area (Å²) in [5.41, 5.74) is 1.38. The van der Waals surface area contributed by atoms with E-state index < -0.39 is 11.9 Å². The highest BCUT2D eigenvalue weighted by molar-refractivity contribution is 7.17. The second kappa shape index (κ2) is 10.0. The van der Waals surface area contributed by atoms with Gasteiger partial charge in [-0.1, -0.05) is 29.8 Å². The number of thiazole rings is 1. The number of nitrogens with zero attached hydrogens (tertiary/aromatic N) is 2. The Balaban J connectivity index is 1.65.